The van der Waals surface area contributed by atoms with Gasteiger partial charge in [-0.3, -0.25) is 0 Å². The summed E-state index contributed by atoms with van der Waals surface area (Å²) in [6.45, 7) is -1.45. The summed E-state index contributed by atoms with van der Waals surface area (Å²) in [7, 11) is -3.10. The Morgan fingerprint density at radius 1 is 1.39 bits per heavy atom. The van der Waals surface area contributed by atoms with Crippen LogP contribution in [0.3, 0.4) is 0 Å². The molecule has 0 radical (unpaired) electrons. The average Bonchev–Trinajstić information content (AvgIpc) is 2.76. The van der Waals surface area contributed by atoms with E-state index in [2.05, 4.69) is 20.4 Å². The van der Waals surface area contributed by atoms with E-state index in [0.29, 0.717) is 6.42 Å². The normalized spacial score (nSPS) is 20.0. The van der Waals surface area contributed by atoms with Crippen LogP contribution in [0.4, 0.5) is 23.7 Å². The van der Waals surface area contributed by atoms with Crippen LogP contribution in [0.25, 0.3) is 0 Å². The Kier molecular flexibility index (Phi) is 4.97. The predicted octanol–water partition coefficient (Wildman–Crippen LogP) is 1.33. The number of pyridine rings is 1. The molecule has 0 aromatic carbocycles. The minimum atomic E-state index is -4.46. The third kappa shape index (κ3) is 5.93. The lowest BCUT2D eigenvalue weighted by molar-refractivity contribution is -0.154. The molecule has 0 aliphatic carbocycles. The van der Waals surface area contributed by atoms with Gasteiger partial charge in [-0.25, -0.2) is 18.2 Å². The van der Waals surface area contributed by atoms with E-state index in [1.807, 2.05) is 0 Å². The Balaban J connectivity index is 1.82. The molecule has 1 atom stereocenters. The van der Waals surface area contributed by atoms with E-state index >= 15 is 0 Å². The number of urea groups is 1. The number of halogens is 3. The van der Waals surface area contributed by atoms with E-state index in [9.17, 15) is 26.4 Å². The number of alkyl halides is 3. The van der Waals surface area contributed by atoms with Crippen molar-refractivity contribution in [3.05, 3.63) is 18.3 Å². The molecule has 0 spiro atoms. The van der Waals surface area contributed by atoms with E-state index in [0.717, 1.165) is 6.20 Å². The number of anilines is 1. The lowest BCUT2D eigenvalue weighted by Crippen LogP contribution is -2.38. The fraction of sp³-hybridized carbons (Fsp3) is 0.500. The van der Waals surface area contributed by atoms with Gasteiger partial charge in [0.15, 0.2) is 16.4 Å². The monoisotopic (exact) mass is 353 g/mol. The maximum atomic E-state index is 12.0. The standard InChI is InChI=1S/C12H14F3N3O4S/c13-12(14,15)7-22-10-2-1-8(5-16-10)17-11(19)18-9-3-4-23(20,21)6-9/h1-2,5,9H,3-4,6-7H2,(H2,17,18,19)/t9-/m0/s1. The van der Waals surface area contributed by atoms with Crippen LogP contribution in [-0.4, -0.2) is 49.8 Å². The van der Waals surface area contributed by atoms with Crippen molar-refractivity contribution in [2.24, 2.45) is 0 Å². The van der Waals surface area contributed by atoms with Crippen molar-refractivity contribution in [3.8, 4) is 5.88 Å². The first-order chi connectivity index (χ1) is 10.6. The zero-order chi connectivity index (χ0) is 17.1. The number of amides is 2. The highest BCUT2D eigenvalue weighted by Gasteiger charge is 2.29. The first kappa shape index (κ1) is 17.3. The molecular formula is C12H14F3N3O4S. The number of ether oxygens (including phenoxy) is 1. The zero-order valence-electron chi connectivity index (χ0n) is 11.8. The Bertz CT molecular complexity index is 661. The number of hydrogen-bond donors (Lipinski definition) is 2. The molecular weight excluding hydrogens is 339 g/mol. The van der Waals surface area contributed by atoms with Crippen LogP contribution in [0.2, 0.25) is 0 Å². The van der Waals surface area contributed by atoms with Gasteiger partial charge in [-0.05, 0) is 12.5 Å². The molecule has 2 heterocycles. The molecule has 1 aliphatic rings. The molecule has 128 valence electrons. The molecule has 1 aromatic heterocycles. The van der Waals surface area contributed by atoms with Crippen LogP contribution in [-0.2, 0) is 9.84 Å². The first-order valence-corrected chi connectivity index (χ1v) is 8.39. The van der Waals surface area contributed by atoms with Gasteiger partial charge in [0.05, 0.1) is 23.4 Å². The fourth-order valence-corrected chi connectivity index (χ4v) is 3.63. The quantitative estimate of drug-likeness (QED) is 0.851. The summed E-state index contributed by atoms with van der Waals surface area (Å²) in [5.74, 6) is -0.302. The van der Waals surface area contributed by atoms with Crippen LogP contribution >= 0.6 is 0 Å². The Hall–Kier alpha value is -2.04. The summed E-state index contributed by atoms with van der Waals surface area (Å²) in [5, 5.41) is 4.92. The molecule has 2 amide bonds. The Labute approximate surface area is 130 Å². The van der Waals surface area contributed by atoms with Crippen LogP contribution < -0.4 is 15.4 Å². The summed E-state index contributed by atoms with van der Waals surface area (Å²) in [4.78, 5) is 15.3. The van der Waals surface area contributed by atoms with Crippen LogP contribution in [0.5, 0.6) is 5.88 Å². The number of carbonyl (C=O) groups is 1. The molecule has 0 saturated carbocycles. The molecule has 23 heavy (non-hydrogen) atoms. The maximum absolute atomic E-state index is 12.0. The number of carbonyl (C=O) groups excluding carboxylic acids is 1. The van der Waals surface area contributed by atoms with Gasteiger partial charge in [0.1, 0.15) is 0 Å². The lowest BCUT2D eigenvalue weighted by atomic mass is 10.3. The number of nitrogens with zero attached hydrogens (tertiary/aromatic N) is 1. The number of rotatable bonds is 4. The second-order valence-corrected chi connectivity index (χ2v) is 7.22. The van der Waals surface area contributed by atoms with Crippen molar-refractivity contribution in [1.82, 2.24) is 10.3 Å². The van der Waals surface area contributed by atoms with Gasteiger partial charge in [-0.15, -0.1) is 0 Å². The van der Waals surface area contributed by atoms with Gasteiger partial charge in [0.25, 0.3) is 0 Å². The zero-order valence-corrected chi connectivity index (χ0v) is 12.6. The van der Waals surface area contributed by atoms with Gasteiger partial charge in [0, 0.05) is 12.1 Å². The molecule has 0 bridgehead atoms. The van der Waals surface area contributed by atoms with E-state index in [1.165, 1.54) is 12.1 Å². The Morgan fingerprint density at radius 2 is 2.13 bits per heavy atom. The van der Waals surface area contributed by atoms with E-state index in [4.69, 9.17) is 0 Å². The van der Waals surface area contributed by atoms with E-state index < -0.39 is 34.7 Å². The molecule has 2 N–H and O–H groups in total. The average molecular weight is 353 g/mol. The fourth-order valence-electron chi connectivity index (χ4n) is 1.96. The molecule has 2 rings (SSSR count). The first-order valence-electron chi connectivity index (χ1n) is 6.56. The highest BCUT2D eigenvalue weighted by atomic mass is 32.2. The number of hydrogen-bond acceptors (Lipinski definition) is 5. The van der Waals surface area contributed by atoms with Gasteiger partial charge in [0.2, 0.25) is 5.88 Å². The van der Waals surface area contributed by atoms with Crippen LogP contribution in [0.1, 0.15) is 6.42 Å². The van der Waals surface area contributed by atoms with E-state index in [1.54, 1.807) is 0 Å². The number of sulfone groups is 1. The van der Waals surface area contributed by atoms with Gasteiger partial charge in [-0.1, -0.05) is 0 Å². The van der Waals surface area contributed by atoms with Crippen molar-refractivity contribution in [3.63, 3.8) is 0 Å². The van der Waals surface area contributed by atoms with Crippen molar-refractivity contribution < 1.29 is 31.1 Å². The second kappa shape index (κ2) is 6.60. The molecule has 1 saturated heterocycles. The van der Waals surface area contributed by atoms with Gasteiger partial charge < -0.3 is 15.4 Å². The third-order valence-corrected chi connectivity index (χ3v) is 4.71. The molecule has 0 unspecified atom stereocenters. The van der Waals surface area contributed by atoms with Gasteiger partial charge >= 0.3 is 12.2 Å². The predicted molar refractivity (Wildman–Crippen MR) is 75.0 cm³/mol. The SMILES string of the molecule is O=C(Nc1ccc(OCC(F)(F)F)nc1)N[C@H]1CCS(=O)(=O)C1. The molecule has 1 fully saturated rings. The van der Waals surface area contributed by atoms with Gasteiger partial charge in [-0.2, -0.15) is 13.2 Å². The number of nitrogens with one attached hydrogen (secondary N) is 2. The Morgan fingerprint density at radius 3 is 2.65 bits per heavy atom. The molecule has 1 aliphatic heterocycles. The minimum Gasteiger partial charge on any atom is -0.468 e. The van der Waals surface area contributed by atoms with Crippen molar-refractivity contribution in [2.75, 3.05) is 23.4 Å². The summed E-state index contributed by atoms with van der Waals surface area (Å²) in [6.07, 6.45) is -2.98. The number of aromatic nitrogens is 1. The highest BCUT2D eigenvalue weighted by molar-refractivity contribution is 7.91. The van der Waals surface area contributed by atoms with E-state index in [-0.39, 0.29) is 23.1 Å². The summed E-state index contributed by atoms with van der Waals surface area (Å²) < 4.78 is 62.9. The van der Waals surface area contributed by atoms with Crippen LogP contribution in [0.15, 0.2) is 18.3 Å². The topological polar surface area (TPSA) is 97.4 Å². The van der Waals surface area contributed by atoms with Crippen molar-refractivity contribution >= 4 is 21.6 Å². The van der Waals surface area contributed by atoms with Crippen LogP contribution in [0, 0.1) is 0 Å². The van der Waals surface area contributed by atoms with Crippen molar-refractivity contribution in [2.45, 2.75) is 18.6 Å². The summed E-state index contributed by atoms with van der Waals surface area (Å²) in [5.41, 5.74) is 0.239. The largest absolute Gasteiger partial charge is 0.468 e. The second-order valence-electron chi connectivity index (χ2n) is 4.99. The molecule has 7 nitrogen and oxygen atoms in total. The molecule has 1 aromatic rings. The smallest absolute Gasteiger partial charge is 0.422 e. The third-order valence-electron chi connectivity index (χ3n) is 2.95. The summed E-state index contributed by atoms with van der Waals surface area (Å²) >= 11 is 0. The van der Waals surface area contributed by atoms with Crippen molar-refractivity contribution in [1.29, 1.82) is 0 Å². The maximum Gasteiger partial charge on any atom is 0.422 e. The molecule has 11 heteroatoms. The highest BCUT2D eigenvalue weighted by Crippen LogP contribution is 2.18. The lowest BCUT2D eigenvalue weighted by Gasteiger charge is -2.12. The summed E-state index contributed by atoms with van der Waals surface area (Å²) in [6, 6.07) is 1.44. The minimum absolute atomic E-state index is 0.0325.